The Bertz CT molecular complexity index is 1040. The summed E-state index contributed by atoms with van der Waals surface area (Å²) in [6.07, 6.45) is 11.1. The zero-order valence-corrected chi connectivity index (χ0v) is 20.1. The molecule has 1 aromatic rings. The summed E-state index contributed by atoms with van der Waals surface area (Å²) in [5.74, 6) is 5.28. The molecule has 10 rings (SSSR count). The lowest BCUT2D eigenvalue weighted by molar-refractivity contribution is -0.132. The van der Waals surface area contributed by atoms with Crippen LogP contribution in [0.1, 0.15) is 68.9 Å². The van der Waals surface area contributed by atoms with Crippen molar-refractivity contribution in [2.75, 3.05) is 6.54 Å². The molecule has 0 aromatic heterocycles. The maximum atomic E-state index is 13.7. The van der Waals surface area contributed by atoms with Crippen LogP contribution in [0.3, 0.4) is 0 Å². The molecule has 8 fully saturated rings. The third-order valence-corrected chi connectivity index (χ3v) is 11.6. The van der Waals surface area contributed by atoms with Crippen molar-refractivity contribution in [2.24, 2.45) is 41.4 Å². The monoisotopic (exact) mass is 459 g/mol. The summed E-state index contributed by atoms with van der Waals surface area (Å²) in [7, 11) is 0. The van der Waals surface area contributed by atoms with Gasteiger partial charge in [0.1, 0.15) is 0 Å². The smallest absolute Gasteiger partial charge is 0.237 e. The van der Waals surface area contributed by atoms with Gasteiger partial charge in [-0.2, -0.15) is 0 Å². The van der Waals surface area contributed by atoms with E-state index in [9.17, 15) is 9.59 Å². The van der Waals surface area contributed by atoms with E-state index in [1.807, 2.05) is 4.90 Å². The molecule has 5 heteroatoms. The van der Waals surface area contributed by atoms with Crippen LogP contribution in [0, 0.1) is 41.4 Å². The summed E-state index contributed by atoms with van der Waals surface area (Å²) in [6, 6.07) is 8.40. The third-order valence-electron chi connectivity index (χ3n) is 11.6. The van der Waals surface area contributed by atoms with Crippen molar-refractivity contribution in [1.29, 1.82) is 0 Å². The Morgan fingerprint density at radius 1 is 0.912 bits per heavy atom. The van der Waals surface area contributed by atoms with Gasteiger partial charge in [0.2, 0.25) is 11.8 Å². The highest BCUT2D eigenvalue weighted by molar-refractivity contribution is 5.81. The highest BCUT2D eigenvalue weighted by atomic mass is 16.2. The first-order valence-corrected chi connectivity index (χ1v) is 13.9. The number of fused-ring (bicyclic) bond motifs is 1. The number of hydrogen-bond donors (Lipinski definition) is 2. The van der Waals surface area contributed by atoms with E-state index in [4.69, 9.17) is 0 Å². The second-order valence-corrected chi connectivity index (χ2v) is 13.4. The van der Waals surface area contributed by atoms with Gasteiger partial charge in [0.05, 0.1) is 6.54 Å². The van der Waals surface area contributed by atoms with E-state index >= 15 is 0 Å². The molecule has 9 atom stereocenters. The van der Waals surface area contributed by atoms with Gasteiger partial charge in [0.15, 0.2) is 0 Å². The number of amides is 2. The van der Waals surface area contributed by atoms with Crippen LogP contribution in [-0.4, -0.2) is 34.3 Å². The van der Waals surface area contributed by atoms with Gasteiger partial charge < -0.3 is 15.5 Å². The molecular formula is C29H37N3O2. The first-order valence-electron chi connectivity index (χ1n) is 13.9. The molecule has 0 saturated heterocycles. The van der Waals surface area contributed by atoms with Crippen molar-refractivity contribution in [2.45, 2.75) is 82.0 Å². The summed E-state index contributed by atoms with van der Waals surface area (Å²) < 4.78 is 0. The van der Waals surface area contributed by atoms with Crippen molar-refractivity contribution in [3.8, 4) is 0 Å². The fourth-order valence-corrected chi connectivity index (χ4v) is 10.7. The van der Waals surface area contributed by atoms with E-state index in [1.165, 1.54) is 49.7 Å². The van der Waals surface area contributed by atoms with Crippen LogP contribution in [0.5, 0.6) is 0 Å². The Labute approximate surface area is 202 Å². The zero-order valence-electron chi connectivity index (χ0n) is 20.1. The van der Waals surface area contributed by atoms with Gasteiger partial charge in [0, 0.05) is 30.1 Å². The van der Waals surface area contributed by atoms with Gasteiger partial charge in [-0.3, -0.25) is 9.59 Å². The fraction of sp³-hybridized carbons (Fsp3) is 0.724. The minimum atomic E-state index is -0.0251. The van der Waals surface area contributed by atoms with E-state index in [1.54, 1.807) is 0 Å². The van der Waals surface area contributed by atoms with Crippen LogP contribution < -0.4 is 10.6 Å². The lowest BCUT2D eigenvalue weighted by Crippen LogP contribution is -2.57. The Hall–Kier alpha value is -1.88. The van der Waals surface area contributed by atoms with Crippen molar-refractivity contribution in [1.82, 2.24) is 15.5 Å². The molecule has 9 aliphatic rings. The molecule has 8 saturated carbocycles. The standard InChI is InChI=1S/C29H37N3O2/c33-25(32-14-19-3-1-2-4-20(19)15-32)13-30-29-11-18-7-23(29)12-28(10-18,16-29)31-27(34)26-22-6-17-5-21(9-22)24(26)8-17/h1-4,17-18,21-24,26,30H,5-16H2,(H,31,34). The molecule has 9 unspecified atom stereocenters. The average molecular weight is 460 g/mol. The van der Waals surface area contributed by atoms with Crippen LogP contribution in [0.2, 0.25) is 0 Å². The summed E-state index contributed by atoms with van der Waals surface area (Å²) in [5.41, 5.74) is 2.59. The molecule has 34 heavy (non-hydrogen) atoms. The van der Waals surface area contributed by atoms with E-state index in [2.05, 4.69) is 34.9 Å². The van der Waals surface area contributed by atoms with Gasteiger partial charge in [-0.25, -0.2) is 0 Å². The highest BCUT2D eigenvalue weighted by Gasteiger charge is 2.65. The van der Waals surface area contributed by atoms with E-state index in [-0.39, 0.29) is 22.9 Å². The van der Waals surface area contributed by atoms with Gasteiger partial charge >= 0.3 is 0 Å². The van der Waals surface area contributed by atoms with Gasteiger partial charge in [-0.15, -0.1) is 0 Å². The largest absolute Gasteiger partial charge is 0.350 e. The molecule has 180 valence electrons. The lowest BCUT2D eigenvalue weighted by Gasteiger charge is -2.43. The first kappa shape index (κ1) is 20.3. The Balaban J connectivity index is 0.947. The van der Waals surface area contributed by atoms with Crippen LogP contribution in [0.4, 0.5) is 0 Å². The van der Waals surface area contributed by atoms with Crippen LogP contribution in [-0.2, 0) is 22.7 Å². The molecule has 8 aliphatic carbocycles. The Kier molecular flexibility index (Phi) is 4.11. The second-order valence-electron chi connectivity index (χ2n) is 13.4. The molecule has 5 nitrogen and oxygen atoms in total. The summed E-state index contributed by atoms with van der Waals surface area (Å²) in [5, 5.41) is 7.50. The summed E-state index contributed by atoms with van der Waals surface area (Å²) in [6.45, 7) is 1.90. The second kappa shape index (κ2) is 6.87. The fourth-order valence-electron chi connectivity index (χ4n) is 10.7. The maximum absolute atomic E-state index is 13.7. The first-order chi connectivity index (χ1) is 16.5. The molecule has 1 aromatic carbocycles. The van der Waals surface area contributed by atoms with Gasteiger partial charge in [-0.1, -0.05) is 24.3 Å². The lowest BCUT2D eigenvalue weighted by atomic mass is 9.72. The normalized spacial score (nSPS) is 46.5. The number of carbonyl (C=O) groups is 2. The highest BCUT2D eigenvalue weighted by Crippen LogP contribution is 2.64. The van der Waals surface area contributed by atoms with Crippen molar-refractivity contribution >= 4 is 11.8 Å². The topological polar surface area (TPSA) is 61.4 Å². The average Bonchev–Trinajstić information content (AvgIpc) is 3.54. The third kappa shape index (κ3) is 2.82. The van der Waals surface area contributed by atoms with E-state index in [0.29, 0.717) is 36.1 Å². The molecule has 2 amide bonds. The SMILES string of the molecule is O=C(NC12CC3CC(C1)C(NCC(=O)N1Cc4ccccc4C1)(C3)C2)C1C2CC3CC(C2)C1C3. The summed E-state index contributed by atoms with van der Waals surface area (Å²) in [4.78, 5) is 28.8. The minimum absolute atomic E-state index is 0.0251. The molecular weight excluding hydrogens is 422 g/mol. The van der Waals surface area contributed by atoms with Crippen molar-refractivity contribution in [3.05, 3.63) is 35.4 Å². The van der Waals surface area contributed by atoms with Crippen molar-refractivity contribution in [3.63, 3.8) is 0 Å². The Morgan fingerprint density at radius 2 is 1.71 bits per heavy atom. The van der Waals surface area contributed by atoms with Gasteiger partial charge in [-0.05, 0) is 104 Å². The van der Waals surface area contributed by atoms with E-state index < -0.39 is 0 Å². The number of nitrogens with zero attached hydrogens (tertiary/aromatic N) is 1. The molecule has 1 heterocycles. The zero-order chi connectivity index (χ0) is 22.7. The molecule has 0 spiro atoms. The molecule has 1 aliphatic heterocycles. The number of nitrogens with one attached hydrogen (secondary N) is 2. The number of benzene rings is 1. The number of hydrogen-bond acceptors (Lipinski definition) is 3. The summed E-state index contributed by atoms with van der Waals surface area (Å²) >= 11 is 0. The predicted octanol–water partition coefficient (Wildman–Crippen LogP) is 3.62. The quantitative estimate of drug-likeness (QED) is 0.707. The maximum Gasteiger partial charge on any atom is 0.237 e. The minimum Gasteiger partial charge on any atom is -0.350 e. The van der Waals surface area contributed by atoms with Gasteiger partial charge in [0.25, 0.3) is 0 Å². The predicted molar refractivity (Wildman–Crippen MR) is 128 cm³/mol. The number of carbonyl (C=O) groups excluding carboxylic acids is 2. The molecule has 0 radical (unpaired) electrons. The molecule has 2 N–H and O–H groups in total. The van der Waals surface area contributed by atoms with Crippen LogP contribution in [0.15, 0.2) is 24.3 Å². The Morgan fingerprint density at radius 3 is 2.50 bits per heavy atom. The number of rotatable bonds is 5. The van der Waals surface area contributed by atoms with Crippen LogP contribution >= 0.6 is 0 Å². The van der Waals surface area contributed by atoms with Crippen molar-refractivity contribution < 1.29 is 9.59 Å². The van der Waals surface area contributed by atoms with E-state index in [0.717, 1.165) is 44.2 Å². The van der Waals surface area contributed by atoms with Crippen LogP contribution in [0.25, 0.3) is 0 Å². The molecule has 8 bridgehead atoms.